The second-order valence-electron chi connectivity index (χ2n) is 6.25. The summed E-state index contributed by atoms with van der Waals surface area (Å²) in [5.41, 5.74) is 4.55. The summed E-state index contributed by atoms with van der Waals surface area (Å²) in [7, 11) is 0. The van der Waals surface area contributed by atoms with E-state index in [1.807, 2.05) is 12.1 Å². The van der Waals surface area contributed by atoms with Crippen molar-refractivity contribution in [1.82, 2.24) is 15.6 Å². The van der Waals surface area contributed by atoms with Gasteiger partial charge in [0.2, 0.25) is 0 Å². The number of hydrogen-bond acceptors (Lipinski definition) is 5. The summed E-state index contributed by atoms with van der Waals surface area (Å²) in [5.74, 6) is 0.642. The number of hydrogen-bond donors (Lipinski definition) is 2. The van der Waals surface area contributed by atoms with E-state index >= 15 is 0 Å². The normalized spacial score (nSPS) is 17.2. The fourth-order valence-electron chi connectivity index (χ4n) is 2.85. The van der Waals surface area contributed by atoms with Crippen LogP contribution in [0.15, 0.2) is 22.8 Å². The largest absolute Gasteiger partial charge is 0.487 e. The molecule has 0 bridgehead atoms. The number of benzene rings is 1. The summed E-state index contributed by atoms with van der Waals surface area (Å²) in [6.07, 6.45) is 4.64. The fourth-order valence-corrected chi connectivity index (χ4v) is 3.57. The molecule has 0 unspecified atom stereocenters. The van der Waals surface area contributed by atoms with Crippen molar-refractivity contribution in [3.05, 3.63) is 33.3 Å². The van der Waals surface area contributed by atoms with Gasteiger partial charge < -0.3 is 14.8 Å². The highest BCUT2D eigenvalue weighted by atomic mass is 35.5. The molecule has 0 amide bonds. The lowest BCUT2D eigenvalue weighted by atomic mass is 10.1. The van der Waals surface area contributed by atoms with E-state index < -0.39 is 0 Å². The lowest BCUT2D eigenvalue weighted by Crippen LogP contribution is -2.39. The van der Waals surface area contributed by atoms with Crippen LogP contribution in [0.5, 0.6) is 5.75 Å². The van der Waals surface area contributed by atoms with Crippen LogP contribution in [0.1, 0.15) is 12.0 Å². The highest BCUT2D eigenvalue weighted by Crippen LogP contribution is 2.36. The average Bonchev–Trinajstić information content (AvgIpc) is 2.66. The zero-order valence-corrected chi connectivity index (χ0v) is 17.2. The van der Waals surface area contributed by atoms with Gasteiger partial charge in [0, 0.05) is 35.8 Å². The van der Waals surface area contributed by atoms with Gasteiger partial charge in [-0.15, -0.1) is 0 Å². The summed E-state index contributed by atoms with van der Waals surface area (Å²) in [4.78, 5) is 2.39. The van der Waals surface area contributed by atoms with Gasteiger partial charge in [-0.25, -0.2) is 0 Å². The molecule has 1 aromatic carbocycles. The molecule has 0 radical (unpaired) electrons. The minimum Gasteiger partial charge on any atom is -0.487 e. The van der Waals surface area contributed by atoms with E-state index in [0.717, 1.165) is 57.0 Å². The topological polar surface area (TPSA) is 58.1 Å². The molecule has 146 valence electrons. The number of hydrazone groups is 1. The summed E-state index contributed by atoms with van der Waals surface area (Å²) < 4.78 is 11.0. The predicted octanol–water partition coefficient (Wildman–Crippen LogP) is 2.94. The predicted molar refractivity (Wildman–Crippen MR) is 114 cm³/mol. The van der Waals surface area contributed by atoms with E-state index in [4.69, 9.17) is 44.9 Å². The Hall–Kier alpha value is -1.38. The third-order valence-corrected chi connectivity index (χ3v) is 4.93. The molecule has 0 saturated carbocycles. The number of nitrogens with one attached hydrogen (secondary N) is 2. The standard InChI is InChI=1S/C18H22Cl2N4O2S/c19-15-9-14-8-13(12-26-17(14)16(20)10-15)11-22-23-18(27)21-2-1-3-24-4-6-25-7-5-24/h8-11H,1-7,12H2,(H2,21,23,27)/b22-11+. The van der Waals surface area contributed by atoms with Crippen LogP contribution in [-0.2, 0) is 4.74 Å². The van der Waals surface area contributed by atoms with Gasteiger partial charge in [0.25, 0.3) is 0 Å². The van der Waals surface area contributed by atoms with Crippen LogP contribution < -0.4 is 15.5 Å². The van der Waals surface area contributed by atoms with Crippen molar-refractivity contribution < 1.29 is 9.47 Å². The van der Waals surface area contributed by atoms with Gasteiger partial charge in [-0.3, -0.25) is 10.3 Å². The van der Waals surface area contributed by atoms with E-state index in [0.29, 0.717) is 27.5 Å². The minimum atomic E-state index is 0.388. The first kappa shape index (κ1) is 20.4. The van der Waals surface area contributed by atoms with E-state index in [1.165, 1.54) is 0 Å². The molecule has 2 N–H and O–H groups in total. The smallest absolute Gasteiger partial charge is 0.186 e. The quantitative estimate of drug-likeness (QED) is 0.314. The SMILES string of the molecule is S=C(NCCCN1CCOCC1)N/N=C/C1=Cc2cc(Cl)cc(Cl)c2OC1. The van der Waals surface area contributed by atoms with Gasteiger partial charge in [0.1, 0.15) is 12.4 Å². The zero-order valence-electron chi connectivity index (χ0n) is 14.8. The molecule has 3 rings (SSSR count). The molecule has 2 aliphatic heterocycles. The lowest BCUT2D eigenvalue weighted by Gasteiger charge is -2.26. The van der Waals surface area contributed by atoms with Crippen LogP contribution in [0.3, 0.4) is 0 Å². The molecule has 0 spiro atoms. The Bertz CT molecular complexity index is 736. The first-order chi connectivity index (χ1) is 13.1. The Labute approximate surface area is 174 Å². The molecule has 9 heteroatoms. The van der Waals surface area contributed by atoms with Gasteiger partial charge in [0.15, 0.2) is 5.11 Å². The highest BCUT2D eigenvalue weighted by molar-refractivity contribution is 7.80. The van der Waals surface area contributed by atoms with Gasteiger partial charge in [0.05, 0.1) is 24.5 Å². The van der Waals surface area contributed by atoms with Crippen molar-refractivity contribution in [2.24, 2.45) is 5.10 Å². The second-order valence-corrected chi connectivity index (χ2v) is 7.50. The van der Waals surface area contributed by atoms with E-state index in [9.17, 15) is 0 Å². The van der Waals surface area contributed by atoms with Crippen LogP contribution in [0.25, 0.3) is 6.08 Å². The Morgan fingerprint density at radius 1 is 1.30 bits per heavy atom. The summed E-state index contributed by atoms with van der Waals surface area (Å²) in [6, 6.07) is 3.48. The number of thiocarbonyl (C=S) groups is 1. The maximum Gasteiger partial charge on any atom is 0.186 e. The van der Waals surface area contributed by atoms with Crippen LogP contribution in [0.4, 0.5) is 0 Å². The third kappa shape index (κ3) is 6.33. The highest BCUT2D eigenvalue weighted by Gasteiger charge is 2.15. The Morgan fingerprint density at radius 3 is 2.93 bits per heavy atom. The molecule has 0 atom stereocenters. The van der Waals surface area contributed by atoms with Crippen LogP contribution >= 0.6 is 35.4 Å². The lowest BCUT2D eigenvalue weighted by molar-refractivity contribution is 0.0376. The third-order valence-electron chi connectivity index (χ3n) is 4.20. The molecule has 27 heavy (non-hydrogen) atoms. The van der Waals surface area contributed by atoms with Gasteiger partial charge >= 0.3 is 0 Å². The molecule has 2 aliphatic rings. The molecule has 0 aliphatic carbocycles. The van der Waals surface area contributed by atoms with Gasteiger partial charge in [-0.2, -0.15) is 5.10 Å². The number of nitrogens with zero attached hydrogens (tertiary/aromatic N) is 2. The molecule has 0 aromatic heterocycles. The van der Waals surface area contributed by atoms with Crippen molar-refractivity contribution in [2.45, 2.75) is 6.42 Å². The number of ether oxygens (including phenoxy) is 2. The molecule has 1 fully saturated rings. The zero-order chi connectivity index (χ0) is 19.1. The van der Waals surface area contributed by atoms with Crippen LogP contribution in [0.2, 0.25) is 10.0 Å². The number of rotatable bonds is 6. The van der Waals surface area contributed by atoms with Crippen molar-refractivity contribution in [1.29, 1.82) is 0 Å². The number of halogens is 2. The Kier molecular flexibility index (Phi) is 7.72. The Morgan fingerprint density at radius 2 is 2.11 bits per heavy atom. The summed E-state index contributed by atoms with van der Waals surface area (Å²) in [5, 5.41) is 8.88. The van der Waals surface area contributed by atoms with E-state index in [2.05, 4.69) is 20.7 Å². The van der Waals surface area contributed by atoms with Crippen molar-refractivity contribution >= 4 is 52.8 Å². The molecular formula is C18H22Cl2N4O2S. The fraction of sp³-hybridized carbons (Fsp3) is 0.444. The van der Waals surface area contributed by atoms with E-state index in [1.54, 1.807) is 12.3 Å². The maximum atomic E-state index is 6.13. The maximum absolute atomic E-state index is 6.13. The molecule has 2 heterocycles. The van der Waals surface area contributed by atoms with Crippen LogP contribution in [0, 0.1) is 0 Å². The minimum absolute atomic E-state index is 0.388. The molecule has 6 nitrogen and oxygen atoms in total. The first-order valence-corrected chi connectivity index (χ1v) is 9.97. The summed E-state index contributed by atoms with van der Waals surface area (Å²) >= 11 is 17.4. The molecule has 1 aromatic rings. The number of fused-ring (bicyclic) bond motifs is 1. The first-order valence-electron chi connectivity index (χ1n) is 8.81. The number of morpholine rings is 1. The second kappa shape index (κ2) is 10.2. The van der Waals surface area contributed by atoms with Crippen LogP contribution in [-0.4, -0.2) is 62.2 Å². The van der Waals surface area contributed by atoms with E-state index in [-0.39, 0.29) is 0 Å². The monoisotopic (exact) mass is 428 g/mol. The van der Waals surface area contributed by atoms with Gasteiger partial charge in [-0.1, -0.05) is 23.2 Å². The van der Waals surface area contributed by atoms with Crippen molar-refractivity contribution in [3.8, 4) is 5.75 Å². The van der Waals surface area contributed by atoms with Gasteiger partial charge in [-0.05, 0) is 43.4 Å². The molecular weight excluding hydrogens is 407 g/mol. The molecule has 1 saturated heterocycles. The van der Waals surface area contributed by atoms with Crippen molar-refractivity contribution in [3.63, 3.8) is 0 Å². The Balaban J connectivity index is 1.39. The summed E-state index contributed by atoms with van der Waals surface area (Å²) in [6.45, 7) is 5.88. The average molecular weight is 429 g/mol. The van der Waals surface area contributed by atoms with Crippen molar-refractivity contribution in [2.75, 3.05) is 46.0 Å².